The Kier molecular flexibility index (Phi) is 41.6. The molecular weight excluding hydrogens is 1190 g/mol. The van der Waals surface area contributed by atoms with Crippen LogP contribution in [-0.2, 0) is 0 Å². The lowest BCUT2D eigenvalue weighted by Gasteiger charge is -2.14. The predicted molar refractivity (Wildman–Crippen MR) is 398 cm³/mol. The van der Waals surface area contributed by atoms with Crippen molar-refractivity contribution in [2.75, 3.05) is 52.9 Å². The molecule has 0 N–H and O–H groups in total. The van der Waals surface area contributed by atoms with Crippen LogP contribution >= 0.6 is 0 Å². The number of nitriles is 1. The molecule has 9 nitrogen and oxygen atoms in total. The van der Waals surface area contributed by atoms with E-state index in [0.29, 0.717) is 115 Å². The fraction of sp³-hybridized carbons (Fsp3) is 0.552. The smallest absolute Gasteiger partial charge is 0.136 e. The SMILES string of the molecule is CCCCCCOc1ccc(OCCCCCC)c(C#Cc2cc(OCCCCCC)c(C#Cc3ccc(C#Cc4cc(OCCCCCC)c(C#Cc5cc(OCCCCCC)ccc5OCCCCCC)cc4OCCCCCC)c(C#N)c3)cc2OCCCCCC)c1. The minimum atomic E-state index is 0.408. The molecule has 0 saturated heterocycles. The molecule has 0 aliphatic carbocycles. The van der Waals surface area contributed by atoms with E-state index in [-0.39, 0.29) is 0 Å². The summed E-state index contributed by atoms with van der Waals surface area (Å²) < 4.78 is 51.9. The zero-order chi connectivity index (χ0) is 68.3. The lowest BCUT2D eigenvalue weighted by molar-refractivity contribution is 0.295. The monoisotopic (exact) mass is 1300 g/mol. The molecule has 0 amide bonds. The van der Waals surface area contributed by atoms with Crippen LogP contribution in [0.15, 0.2) is 78.9 Å². The van der Waals surface area contributed by atoms with E-state index in [9.17, 15) is 5.26 Å². The lowest BCUT2D eigenvalue weighted by atomic mass is 10.0. The molecule has 518 valence electrons. The van der Waals surface area contributed by atoms with Gasteiger partial charge in [0.15, 0.2) is 0 Å². The number of hydrogen-bond acceptors (Lipinski definition) is 9. The first-order chi connectivity index (χ1) is 47.3. The Balaban J connectivity index is 1.58. The van der Waals surface area contributed by atoms with E-state index < -0.39 is 0 Å². The third-order valence-electron chi connectivity index (χ3n) is 16.6. The van der Waals surface area contributed by atoms with E-state index in [2.05, 4.69) is 109 Å². The van der Waals surface area contributed by atoms with Crippen molar-refractivity contribution in [1.29, 1.82) is 5.26 Å². The van der Waals surface area contributed by atoms with Crippen molar-refractivity contribution < 1.29 is 37.9 Å². The minimum Gasteiger partial charge on any atom is -0.494 e. The Bertz CT molecular complexity index is 3310. The number of nitrogens with zero attached hydrogens (tertiary/aromatic N) is 1. The predicted octanol–water partition coefficient (Wildman–Crippen LogP) is 22.8. The van der Waals surface area contributed by atoms with Crippen LogP contribution in [0.3, 0.4) is 0 Å². The van der Waals surface area contributed by atoms with Crippen LogP contribution in [0.2, 0.25) is 0 Å². The van der Waals surface area contributed by atoms with Gasteiger partial charge in [-0.1, -0.05) is 257 Å². The summed E-state index contributed by atoms with van der Waals surface area (Å²) in [6.07, 6.45) is 34.9. The standard InChI is InChI=1S/C87H117NO8/c1-9-17-25-33-55-89-80-51-53-82(91-57-35-27-19-11-3)73(64-80)47-49-77-68-84(93-59-37-29-21-13-5)75(66-85(77)94-60-38-30-22-14-6)44-42-71-41-43-72(79(63-71)70-88)45-46-76-67-87(96-62-40-32-24-16-8)78(69-86(76)95-61-39-31-23-15-7)50-48-74-65-81(90-56-34-26-18-10-2)52-54-83(74)92-58-36-28-20-12-4/h41,43,51-54,63-69H,9-40,55-62H2,1-8H3. The summed E-state index contributed by atoms with van der Waals surface area (Å²) in [5, 5.41) is 10.8. The van der Waals surface area contributed by atoms with Crippen molar-refractivity contribution in [1.82, 2.24) is 0 Å². The van der Waals surface area contributed by atoms with Gasteiger partial charge in [-0.05, 0) is 106 Å². The number of unbranched alkanes of at least 4 members (excludes halogenated alkanes) is 24. The van der Waals surface area contributed by atoms with E-state index in [0.717, 1.165) is 201 Å². The normalized spacial score (nSPS) is 10.6. The highest BCUT2D eigenvalue weighted by molar-refractivity contribution is 5.65. The average molecular weight is 1300 g/mol. The summed E-state index contributed by atoms with van der Waals surface area (Å²) in [5.41, 5.74) is 5.91. The Morgan fingerprint density at radius 1 is 0.219 bits per heavy atom. The van der Waals surface area contributed by atoms with Crippen molar-refractivity contribution in [2.24, 2.45) is 0 Å². The molecule has 0 aliphatic rings. The van der Waals surface area contributed by atoms with Gasteiger partial charge in [0.25, 0.3) is 0 Å². The molecule has 96 heavy (non-hydrogen) atoms. The maximum atomic E-state index is 10.8. The van der Waals surface area contributed by atoms with Gasteiger partial charge < -0.3 is 37.9 Å². The minimum absolute atomic E-state index is 0.408. The number of benzene rings is 5. The van der Waals surface area contributed by atoms with Crippen molar-refractivity contribution >= 4 is 0 Å². The highest BCUT2D eigenvalue weighted by atomic mass is 16.5. The molecular formula is C87H117NO8. The Labute approximate surface area is 582 Å². The first-order valence-electron chi connectivity index (χ1n) is 37.6. The molecule has 5 rings (SSSR count). The molecule has 0 unspecified atom stereocenters. The Morgan fingerprint density at radius 2 is 0.469 bits per heavy atom. The number of hydrogen-bond donors (Lipinski definition) is 0. The highest BCUT2D eigenvalue weighted by Gasteiger charge is 2.16. The molecule has 0 spiro atoms. The van der Waals surface area contributed by atoms with Crippen LogP contribution in [0.25, 0.3) is 0 Å². The van der Waals surface area contributed by atoms with Crippen LogP contribution in [0.5, 0.6) is 46.0 Å². The van der Waals surface area contributed by atoms with Crippen LogP contribution in [0, 0.1) is 58.7 Å². The van der Waals surface area contributed by atoms with E-state index in [1.807, 2.05) is 78.9 Å². The molecule has 0 saturated carbocycles. The van der Waals surface area contributed by atoms with Gasteiger partial charge in [-0.2, -0.15) is 5.26 Å². The van der Waals surface area contributed by atoms with Gasteiger partial charge in [-0.3, -0.25) is 0 Å². The zero-order valence-electron chi connectivity index (χ0n) is 60.5. The van der Waals surface area contributed by atoms with Gasteiger partial charge in [0.05, 0.1) is 91.8 Å². The molecule has 0 aromatic heterocycles. The second kappa shape index (κ2) is 50.6. The van der Waals surface area contributed by atoms with Gasteiger partial charge in [-0.25, -0.2) is 0 Å². The highest BCUT2D eigenvalue weighted by Crippen LogP contribution is 2.33. The van der Waals surface area contributed by atoms with Gasteiger partial charge in [0, 0.05) is 35.4 Å². The second-order valence-electron chi connectivity index (χ2n) is 25.2. The fourth-order valence-electron chi connectivity index (χ4n) is 10.7. The summed E-state index contributed by atoms with van der Waals surface area (Å²) in [4.78, 5) is 0. The molecule has 0 bridgehead atoms. The summed E-state index contributed by atoms with van der Waals surface area (Å²) >= 11 is 0. The van der Waals surface area contributed by atoms with Crippen LogP contribution in [-0.4, -0.2) is 52.9 Å². The van der Waals surface area contributed by atoms with Crippen LogP contribution < -0.4 is 37.9 Å². The quantitative estimate of drug-likeness (QED) is 0.0279. The summed E-state index contributed by atoms with van der Waals surface area (Å²) in [6, 6.07) is 27.9. The van der Waals surface area contributed by atoms with Crippen molar-refractivity contribution in [3.05, 3.63) is 129 Å². The average Bonchev–Trinajstić information content (AvgIpc) is 0.894. The van der Waals surface area contributed by atoms with Crippen LogP contribution in [0.4, 0.5) is 0 Å². The molecule has 0 heterocycles. The fourth-order valence-corrected chi connectivity index (χ4v) is 10.7. The van der Waals surface area contributed by atoms with Gasteiger partial charge in [0.2, 0.25) is 0 Å². The van der Waals surface area contributed by atoms with E-state index in [1.54, 1.807) is 0 Å². The third-order valence-corrected chi connectivity index (χ3v) is 16.6. The molecule has 0 fully saturated rings. The molecule has 9 heteroatoms. The number of rotatable bonds is 48. The van der Waals surface area contributed by atoms with Crippen LogP contribution in [0.1, 0.15) is 311 Å². The maximum absolute atomic E-state index is 10.8. The van der Waals surface area contributed by atoms with Gasteiger partial charge in [0.1, 0.15) is 52.1 Å². The van der Waals surface area contributed by atoms with E-state index in [4.69, 9.17) is 37.9 Å². The van der Waals surface area contributed by atoms with Gasteiger partial charge >= 0.3 is 0 Å². The second-order valence-corrected chi connectivity index (χ2v) is 25.2. The topological polar surface area (TPSA) is 97.6 Å². The first kappa shape index (κ1) is 78.9. The molecule has 5 aromatic carbocycles. The molecule has 5 aromatic rings. The van der Waals surface area contributed by atoms with E-state index >= 15 is 0 Å². The zero-order valence-corrected chi connectivity index (χ0v) is 60.5. The largest absolute Gasteiger partial charge is 0.494 e. The molecule has 0 aliphatic heterocycles. The molecule has 0 atom stereocenters. The van der Waals surface area contributed by atoms with E-state index in [1.165, 1.54) is 38.5 Å². The Hall–Kier alpha value is -7.77. The van der Waals surface area contributed by atoms with Crippen molar-refractivity contribution in [2.45, 2.75) is 261 Å². The van der Waals surface area contributed by atoms with Crippen molar-refractivity contribution in [3.8, 4) is 99.4 Å². The maximum Gasteiger partial charge on any atom is 0.136 e. The molecule has 0 radical (unpaired) electrons. The third kappa shape index (κ3) is 31.4. The summed E-state index contributed by atoms with van der Waals surface area (Å²) in [6.45, 7) is 22.4. The summed E-state index contributed by atoms with van der Waals surface area (Å²) in [7, 11) is 0. The van der Waals surface area contributed by atoms with Gasteiger partial charge in [-0.15, -0.1) is 0 Å². The first-order valence-corrected chi connectivity index (χ1v) is 37.6. The Morgan fingerprint density at radius 3 is 0.750 bits per heavy atom. The van der Waals surface area contributed by atoms with Crippen molar-refractivity contribution in [3.63, 3.8) is 0 Å². The lowest BCUT2D eigenvalue weighted by Crippen LogP contribution is -2.04. The summed E-state index contributed by atoms with van der Waals surface area (Å²) in [5.74, 6) is 33.1. The number of ether oxygens (including phenoxy) is 8.